The van der Waals surface area contributed by atoms with Crippen molar-refractivity contribution in [1.82, 2.24) is 0 Å². The molecule has 66 valence electrons. The number of rotatable bonds is 4. The maximum Gasteiger partial charge on any atom is 0.178 e. The number of nitrogens with two attached hydrogens (primary N) is 1. The Balaban J connectivity index is 3.98. The van der Waals surface area contributed by atoms with Crippen LogP contribution in [0.1, 0.15) is 13.8 Å². The van der Waals surface area contributed by atoms with Crippen LogP contribution >= 0.6 is 0 Å². The first-order valence-corrected chi connectivity index (χ1v) is 3.47. The third-order valence-electron chi connectivity index (χ3n) is 1.27. The highest BCUT2D eigenvalue weighted by Gasteiger charge is 2.13. The van der Waals surface area contributed by atoms with Gasteiger partial charge in [-0.15, -0.1) is 0 Å². The second-order valence-electron chi connectivity index (χ2n) is 2.35. The molecule has 2 N–H and O–H groups in total. The maximum absolute atomic E-state index is 5.38. The van der Waals surface area contributed by atoms with E-state index in [-0.39, 0.29) is 12.3 Å². The van der Waals surface area contributed by atoms with Gasteiger partial charge in [0.1, 0.15) is 0 Å². The fourth-order valence-electron chi connectivity index (χ4n) is 0.872. The van der Waals surface area contributed by atoms with Gasteiger partial charge in [-0.1, -0.05) is 0 Å². The monoisotopic (exact) mass is 160 g/mol. The van der Waals surface area contributed by atoms with Gasteiger partial charge >= 0.3 is 0 Å². The first-order chi connectivity index (χ1) is 5.11. The van der Waals surface area contributed by atoms with Crippen molar-refractivity contribution in [2.45, 2.75) is 26.2 Å². The van der Waals surface area contributed by atoms with Crippen molar-refractivity contribution in [3.63, 3.8) is 0 Å². The molecule has 0 amide bonds. The van der Waals surface area contributed by atoms with Crippen LogP contribution in [0, 0.1) is 0 Å². The zero-order valence-corrected chi connectivity index (χ0v) is 7.50. The molecule has 0 aromatic rings. The topological polar surface area (TPSA) is 56.8 Å². The first-order valence-electron chi connectivity index (χ1n) is 3.47. The molecule has 0 rings (SSSR count). The number of hydrogen-bond donors (Lipinski definition) is 1. The van der Waals surface area contributed by atoms with E-state index in [1.165, 1.54) is 0 Å². The number of nitrogens with zero attached hydrogens (tertiary/aromatic N) is 1. The van der Waals surface area contributed by atoms with E-state index in [9.17, 15) is 0 Å². The van der Waals surface area contributed by atoms with Crippen LogP contribution in [-0.2, 0) is 9.47 Å². The van der Waals surface area contributed by atoms with E-state index >= 15 is 0 Å². The van der Waals surface area contributed by atoms with Crippen molar-refractivity contribution in [1.29, 1.82) is 0 Å². The third kappa shape index (κ3) is 3.95. The van der Waals surface area contributed by atoms with Gasteiger partial charge in [0, 0.05) is 14.2 Å². The highest BCUT2D eigenvalue weighted by Crippen LogP contribution is 2.02. The number of aliphatic imine (C=N–C) groups is 1. The quantitative estimate of drug-likeness (QED) is 0.367. The Morgan fingerprint density at radius 2 is 1.82 bits per heavy atom. The summed E-state index contributed by atoms with van der Waals surface area (Å²) >= 11 is 0. The first kappa shape index (κ1) is 10.4. The molecule has 0 radical (unpaired) electrons. The Morgan fingerprint density at radius 3 is 2.09 bits per heavy atom. The number of amidine groups is 1. The van der Waals surface area contributed by atoms with Crippen LogP contribution in [0.25, 0.3) is 0 Å². The second kappa shape index (κ2) is 5.09. The Hall–Kier alpha value is -0.610. The van der Waals surface area contributed by atoms with Crippen molar-refractivity contribution >= 4 is 5.84 Å². The fourth-order valence-corrected chi connectivity index (χ4v) is 0.872. The third-order valence-corrected chi connectivity index (χ3v) is 1.27. The van der Waals surface area contributed by atoms with Gasteiger partial charge < -0.3 is 15.2 Å². The molecule has 0 aliphatic rings. The van der Waals surface area contributed by atoms with Crippen LogP contribution in [0.15, 0.2) is 4.99 Å². The Labute approximate surface area is 67.4 Å². The van der Waals surface area contributed by atoms with Crippen LogP contribution < -0.4 is 5.73 Å². The van der Waals surface area contributed by atoms with Crippen molar-refractivity contribution in [3.05, 3.63) is 0 Å². The smallest absolute Gasteiger partial charge is 0.178 e. The van der Waals surface area contributed by atoms with Crippen molar-refractivity contribution < 1.29 is 9.47 Å². The van der Waals surface area contributed by atoms with Gasteiger partial charge in [-0.2, -0.15) is 0 Å². The zero-order valence-electron chi connectivity index (χ0n) is 7.50. The predicted octanol–water partition coefficient (Wildman–Crippen LogP) is 0.371. The van der Waals surface area contributed by atoms with E-state index in [1.54, 1.807) is 21.1 Å². The summed E-state index contributed by atoms with van der Waals surface area (Å²) in [6.07, 6.45) is -0.312. The van der Waals surface area contributed by atoms with Crippen molar-refractivity contribution in [3.8, 4) is 0 Å². The lowest BCUT2D eigenvalue weighted by molar-refractivity contribution is -0.112. The minimum atomic E-state index is -0.312. The standard InChI is InChI=1S/C7H16N2O2/c1-5(9-6(2)8)7(10-3)11-4/h5,7H,1-4H3,(H2,8,9). The minimum absolute atomic E-state index is 0.0602. The van der Waals surface area contributed by atoms with Gasteiger partial charge in [0.25, 0.3) is 0 Å². The van der Waals surface area contributed by atoms with Gasteiger partial charge in [-0.05, 0) is 13.8 Å². The fraction of sp³-hybridized carbons (Fsp3) is 0.857. The summed E-state index contributed by atoms with van der Waals surface area (Å²) in [4.78, 5) is 4.06. The number of methoxy groups -OCH3 is 2. The lowest BCUT2D eigenvalue weighted by Gasteiger charge is -2.17. The molecule has 0 saturated heterocycles. The highest BCUT2D eigenvalue weighted by atomic mass is 16.7. The zero-order chi connectivity index (χ0) is 8.85. The van der Waals surface area contributed by atoms with Gasteiger partial charge in [0.05, 0.1) is 11.9 Å². The molecular weight excluding hydrogens is 144 g/mol. The molecule has 11 heavy (non-hydrogen) atoms. The van der Waals surface area contributed by atoms with Crippen LogP contribution in [0.3, 0.4) is 0 Å². The van der Waals surface area contributed by atoms with Crippen LogP contribution in [0.2, 0.25) is 0 Å². The largest absolute Gasteiger partial charge is 0.388 e. The second-order valence-corrected chi connectivity index (χ2v) is 2.35. The van der Waals surface area contributed by atoms with Crippen LogP contribution in [0.4, 0.5) is 0 Å². The normalized spacial score (nSPS) is 15.5. The summed E-state index contributed by atoms with van der Waals surface area (Å²) in [6, 6.07) is -0.0602. The van der Waals surface area contributed by atoms with E-state index in [1.807, 2.05) is 6.92 Å². The molecule has 0 aromatic heterocycles. The van der Waals surface area contributed by atoms with Gasteiger partial charge in [-0.25, -0.2) is 0 Å². The Morgan fingerprint density at radius 1 is 1.36 bits per heavy atom. The minimum Gasteiger partial charge on any atom is -0.388 e. The number of ether oxygens (including phenoxy) is 2. The molecule has 0 saturated carbocycles. The average Bonchev–Trinajstić information content (AvgIpc) is 1.88. The molecule has 0 heterocycles. The van der Waals surface area contributed by atoms with E-state index in [4.69, 9.17) is 15.2 Å². The SMILES string of the molecule is COC(OC)C(C)N=C(C)N. The molecule has 4 nitrogen and oxygen atoms in total. The summed E-state index contributed by atoms with van der Waals surface area (Å²) < 4.78 is 9.95. The lowest BCUT2D eigenvalue weighted by Crippen LogP contribution is -2.27. The van der Waals surface area contributed by atoms with Crippen molar-refractivity contribution in [2.75, 3.05) is 14.2 Å². The average molecular weight is 160 g/mol. The van der Waals surface area contributed by atoms with Gasteiger partial charge in [-0.3, -0.25) is 4.99 Å². The van der Waals surface area contributed by atoms with Crippen molar-refractivity contribution in [2.24, 2.45) is 10.7 Å². The molecule has 0 aliphatic heterocycles. The van der Waals surface area contributed by atoms with E-state index in [2.05, 4.69) is 4.99 Å². The molecule has 1 atom stereocenters. The van der Waals surface area contributed by atoms with E-state index < -0.39 is 0 Å². The molecule has 0 bridgehead atoms. The maximum atomic E-state index is 5.38. The lowest BCUT2D eigenvalue weighted by atomic mass is 10.3. The molecule has 4 heteroatoms. The summed E-state index contributed by atoms with van der Waals surface area (Å²) in [5.74, 6) is 0.539. The molecule has 1 unspecified atom stereocenters. The molecule has 0 aromatic carbocycles. The van der Waals surface area contributed by atoms with Crippen LogP contribution in [-0.4, -0.2) is 32.4 Å². The Bertz CT molecular complexity index is 128. The Kier molecular flexibility index (Phi) is 4.81. The predicted molar refractivity (Wildman–Crippen MR) is 44.6 cm³/mol. The summed E-state index contributed by atoms with van der Waals surface area (Å²) in [5, 5.41) is 0. The molecule has 0 aliphatic carbocycles. The van der Waals surface area contributed by atoms with Crippen LogP contribution in [0.5, 0.6) is 0 Å². The molecule has 0 spiro atoms. The number of hydrogen-bond acceptors (Lipinski definition) is 3. The van der Waals surface area contributed by atoms with Gasteiger partial charge in [0.2, 0.25) is 0 Å². The highest BCUT2D eigenvalue weighted by molar-refractivity contribution is 5.77. The van der Waals surface area contributed by atoms with Gasteiger partial charge in [0.15, 0.2) is 6.29 Å². The summed E-state index contributed by atoms with van der Waals surface area (Å²) in [6.45, 7) is 3.62. The summed E-state index contributed by atoms with van der Waals surface area (Å²) in [5.41, 5.74) is 5.38. The van der Waals surface area contributed by atoms with E-state index in [0.29, 0.717) is 5.84 Å². The summed E-state index contributed by atoms with van der Waals surface area (Å²) in [7, 11) is 3.15. The molecular formula is C7H16N2O2. The van der Waals surface area contributed by atoms with E-state index in [0.717, 1.165) is 0 Å². The molecule has 0 fully saturated rings.